The molecule has 0 aromatic heterocycles. The van der Waals surface area contributed by atoms with Gasteiger partial charge in [0, 0.05) is 36.4 Å². The van der Waals surface area contributed by atoms with Crippen LogP contribution in [0, 0.1) is 11.7 Å². The van der Waals surface area contributed by atoms with Crippen LogP contribution in [-0.4, -0.2) is 32.1 Å². The summed E-state index contributed by atoms with van der Waals surface area (Å²) < 4.78 is 18.4. The van der Waals surface area contributed by atoms with Gasteiger partial charge in [0.15, 0.2) is 0 Å². The first-order chi connectivity index (χ1) is 13.1. The van der Waals surface area contributed by atoms with Gasteiger partial charge in [-0.15, -0.1) is 0 Å². The second-order valence-corrected chi connectivity index (χ2v) is 6.36. The summed E-state index contributed by atoms with van der Waals surface area (Å²) in [5, 5.41) is 5.64. The molecule has 1 aliphatic carbocycles. The summed E-state index contributed by atoms with van der Waals surface area (Å²) in [6, 6.07) is 12.3. The summed E-state index contributed by atoms with van der Waals surface area (Å²) in [4.78, 5) is 26.1. The Morgan fingerprint density at radius 2 is 1.93 bits per heavy atom. The van der Waals surface area contributed by atoms with Crippen molar-refractivity contribution in [2.45, 2.75) is 12.8 Å². The van der Waals surface area contributed by atoms with Crippen LogP contribution in [0.4, 0.5) is 20.6 Å². The molecule has 142 valence electrons. The number of carbonyl (C=O) groups is 2. The van der Waals surface area contributed by atoms with Crippen LogP contribution in [0.15, 0.2) is 48.5 Å². The molecule has 2 aromatic rings. The van der Waals surface area contributed by atoms with Crippen LogP contribution < -0.4 is 20.3 Å². The third-order valence-electron chi connectivity index (χ3n) is 4.29. The number of rotatable bonds is 7. The number of ether oxygens (including phenoxy) is 1. The monoisotopic (exact) mass is 371 g/mol. The van der Waals surface area contributed by atoms with E-state index in [1.54, 1.807) is 31.4 Å². The van der Waals surface area contributed by atoms with Gasteiger partial charge < -0.3 is 15.4 Å². The highest BCUT2D eigenvalue weighted by atomic mass is 19.1. The van der Waals surface area contributed by atoms with Crippen LogP contribution in [-0.2, 0) is 4.79 Å². The fourth-order valence-corrected chi connectivity index (χ4v) is 2.64. The number of benzene rings is 2. The van der Waals surface area contributed by atoms with E-state index in [1.807, 2.05) is 0 Å². The molecular weight excluding hydrogens is 349 g/mol. The number of nitrogens with one attached hydrogen (secondary N) is 2. The second-order valence-electron chi connectivity index (χ2n) is 6.36. The Morgan fingerprint density at radius 1 is 1.19 bits per heavy atom. The molecule has 0 aliphatic heterocycles. The third kappa shape index (κ3) is 5.20. The number of amides is 3. The molecule has 2 N–H and O–H groups in total. The zero-order chi connectivity index (χ0) is 19.2. The lowest BCUT2D eigenvalue weighted by Gasteiger charge is -2.23. The molecule has 3 amide bonds. The Kier molecular flexibility index (Phi) is 5.90. The van der Waals surface area contributed by atoms with Gasteiger partial charge in [-0.25, -0.2) is 9.18 Å². The van der Waals surface area contributed by atoms with Gasteiger partial charge in [-0.1, -0.05) is 6.07 Å². The molecule has 0 spiro atoms. The Hall–Kier alpha value is -3.09. The maximum atomic E-state index is 13.2. The summed E-state index contributed by atoms with van der Waals surface area (Å²) in [5.74, 6) is 0.365. The molecule has 1 fully saturated rings. The SMILES string of the molecule is COc1cccc(NC(=O)N(CCNC(=O)C2CC2)c2ccc(F)cc2)c1. The summed E-state index contributed by atoms with van der Waals surface area (Å²) in [6.45, 7) is 0.581. The largest absolute Gasteiger partial charge is 0.497 e. The predicted octanol–water partition coefficient (Wildman–Crippen LogP) is 3.40. The topological polar surface area (TPSA) is 70.7 Å². The number of hydrogen-bond donors (Lipinski definition) is 2. The molecule has 6 nitrogen and oxygen atoms in total. The van der Waals surface area contributed by atoms with Crippen LogP contribution in [0.25, 0.3) is 0 Å². The minimum absolute atomic E-state index is 0.0160. The zero-order valence-corrected chi connectivity index (χ0v) is 15.1. The van der Waals surface area contributed by atoms with Gasteiger partial charge in [-0.2, -0.15) is 0 Å². The number of carbonyl (C=O) groups excluding carboxylic acids is 2. The van der Waals surface area contributed by atoms with E-state index in [4.69, 9.17) is 4.74 Å². The van der Waals surface area contributed by atoms with Crippen molar-refractivity contribution in [3.63, 3.8) is 0 Å². The Morgan fingerprint density at radius 3 is 2.59 bits per heavy atom. The maximum Gasteiger partial charge on any atom is 0.326 e. The number of anilines is 2. The van der Waals surface area contributed by atoms with E-state index in [1.165, 1.54) is 29.2 Å². The lowest BCUT2D eigenvalue weighted by atomic mass is 10.2. The minimum atomic E-state index is -0.381. The Balaban J connectivity index is 1.69. The van der Waals surface area contributed by atoms with E-state index in [-0.39, 0.29) is 30.2 Å². The van der Waals surface area contributed by atoms with Crippen molar-refractivity contribution in [1.82, 2.24) is 5.32 Å². The van der Waals surface area contributed by atoms with Gasteiger partial charge in [0.05, 0.1) is 7.11 Å². The minimum Gasteiger partial charge on any atom is -0.497 e. The van der Waals surface area contributed by atoms with Crippen LogP contribution in [0.3, 0.4) is 0 Å². The summed E-state index contributed by atoms with van der Waals surface area (Å²) in [5.41, 5.74) is 1.12. The van der Waals surface area contributed by atoms with Crippen LogP contribution in [0.5, 0.6) is 5.75 Å². The number of urea groups is 1. The highest BCUT2D eigenvalue weighted by molar-refractivity contribution is 6.01. The molecule has 3 rings (SSSR count). The number of hydrogen-bond acceptors (Lipinski definition) is 3. The average molecular weight is 371 g/mol. The van der Waals surface area contributed by atoms with Crippen LogP contribution in [0.1, 0.15) is 12.8 Å². The first-order valence-electron chi connectivity index (χ1n) is 8.82. The van der Waals surface area contributed by atoms with Gasteiger partial charge in [-0.3, -0.25) is 9.69 Å². The molecule has 1 aliphatic rings. The molecule has 7 heteroatoms. The van der Waals surface area contributed by atoms with E-state index in [2.05, 4.69) is 10.6 Å². The first-order valence-corrected chi connectivity index (χ1v) is 8.82. The second kappa shape index (κ2) is 8.53. The van der Waals surface area contributed by atoms with Crippen molar-refractivity contribution in [3.05, 3.63) is 54.3 Å². The normalized spacial score (nSPS) is 13.0. The standard InChI is InChI=1S/C20H22FN3O3/c1-27-18-4-2-3-16(13-18)23-20(26)24(17-9-7-15(21)8-10-17)12-11-22-19(25)14-5-6-14/h2-4,7-10,13-14H,5-6,11-12H2,1H3,(H,22,25)(H,23,26). The molecule has 0 bridgehead atoms. The smallest absolute Gasteiger partial charge is 0.326 e. The van der Waals surface area contributed by atoms with Crippen molar-refractivity contribution < 1.29 is 18.7 Å². The summed E-state index contributed by atoms with van der Waals surface area (Å²) in [7, 11) is 1.55. The van der Waals surface area contributed by atoms with Crippen molar-refractivity contribution in [2.75, 3.05) is 30.4 Å². The van der Waals surface area contributed by atoms with Crippen LogP contribution in [0.2, 0.25) is 0 Å². The fourth-order valence-electron chi connectivity index (χ4n) is 2.64. The Labute approximate surface area is 157 Å². The van der Waals surface area contributed by atoms with Gasteiger partial charge in [0.25, 0.3) is 0 Å². The Bertz CT molecular complexity index is 806. The number of methoxy groups -OCH3 is 1. The van der Waals surface area contributed by atoms with Crippen LogP contribution >= 0.6 is 0 Å². The van der Waals surface area contributed by atoms with Gasteiger partial charge >= 0.3 is 6.03 Å². The molecule has 2 aromatic carbocycles. The van der Waals surface area contributed by atoms with Gasteiger partial charge in [-0.05, 0) is 49.2 Å². The molecule has 0 heterocycles. The highest BCUT2D eigenvalue weighted by Crippen LogP contribution is 2.28. The van der Waals surface area contributed by atoms with Gasteiger partial charge in [0.2, 0.25) is 5.91 Å². The van der Waals surface area contributed by atoms with E-state index in [9.17, 15) is 14.0 Å². The number of nitrogens with zero attached hydrogens (tertiary/aromatic N) is 1. The average Bonchev–Trinajstić information content (AvgIpc) is 3.51. The highest BCUT2D eigenvalue weighted by Gasteiger charge is 2.29. The zero-order valence-electron chi connectivity index (χ0n) is 15.1. The molecule has 0 saturated heterocycles. The molecule has 0 atom stereocenters. The number of halogens is 1. The predicted molar refractivity (Wildman–Crippen MR) is 101 cm³/mol. The van der Waals surface area contributed by atoms with E-state index < -0.39 is 0 Å². The first kappa shape index (κ1) is 18.7. The van der Waals surface area contributed by atoms with E-state index >= 15 is 0 Å². The van der Waals surface area contributed by atoms with E-state index in [0.717, 1.165) is 12.8 Å². The maximum absolute atomic E-state index is 13.2. The van der Waals surface area contributed by atoms with Crippen molar-refractivity contribution in [2.24, 2.45) is 5.92 Å². The quantitative estimate of drug-likeness (QED) is 0.784. The summed E-state index contributed by atoms with van der Waals surface area (Å²) in [6.07, 6.45) is 1.84. The molecular formula is C20H22FN3O3. The third-order valence-corrected chi connectivity index (χ3v) is 4.29. The molecule has 1 saturated carbocycles. The van der Waals surface area contributed by atoms with Crippen molar-refractivity contribution in [3.8, 4) is 5.75 Å². The van der Waals surface area contributed by atoms with Gasteiger partial charge in [0.1, 0.15) is 11.6 Å². The molecule has 0 unspecified atom stereocenters. The molecule has 27 heavy (non-hydrogen) atoms. The lowest BCUT2D eigenvalue weighted by Crippen LogP contribution is -2.41. The van der Waals surface area contributed by atoms with Crippen molar-refractivity contribution in [1.29, 1.82) is 0 Å². The fraction of sp³-hybridized carbons (Fsp3) is 0.300. The summed E-state index contributed by atoms with van der Waals surface area (Å²) >= 11 is 0. The van der Waals surface area contributed by atoms with E-state index in [0.29, 0.717) is 23.7 Å². The van der Waals surface area contributed by atoms with Crippen molar-refractivity contribution >= 4 is 23.3 Å². The molecule has 0 radical (unpaired) electrons. The lowest BCUT2D eigenvalue weighted by molar-refractivity contribution is -0.122.